The number of carboxylic acids is 1. The number of carbonyl (C=O) groups excluding carboxylic acids is 3. The van der Waals surface area contributed by atoms with E-state index < -0.39 is 23.8 Å². The smallest absolute Gasteiger partial charge is 0.328 e. The van der Waals surface area contributed by atoms with Crippen molar-refractivity contribution in [1.82, 2.24) is 20.9 Å². The Morgan fingerprint density at radius 2 is 1.86 bits per heavy atom. The molecular formula is C25H36N4O6. The Bertz CT molecular complexity index is 884. The Labute approximate surface area is 205 Å². The molecule has 0 saturated carbocycles. The molecule has 0 aromatic heterocycles. The first kappa shape index (κ1) is 26.5. The van der Waals surface area contributed by atoms with Crippen molar-refractivity contribution in [3.05, 3.63) is 29.8 Å². The molecule has 4 N–H and O–H groups in total. The van der Waals surface area contributed by atoms with Crippen LogP contribution >= 0.6 is 0 Å². The second-order valence-electron chi connectivity index (χ2n) is 9.25. The number of carboxylic acid groups (broad SMARTS) is 1. The minimum absolute atomic E-state index is 0.0798. The lowest BCUT2D eigenvalue weighted by molar-refractivity contribution is -0.139. The molecule has 1 aromatic rings. The zero-order valence-electron chi connectivity index (χ0n) is 20.3. The second-order valence-corrected chi connectivity index (χ2v) is 9.25. The zero-order valence-corrected chi connectivity index (χ0v) is 20.3. The SMILES string of the molecule is COc1ccc(C(=O)NC(CNC(=O)[C@@H]2CCCN(C(=O)CCC3CCNCC3)C2)C(=O)O)cc1. The van der Waals surface area contributed by atoms with Crippen LogP contribution in [-0.4, -0.2) is 79.6 Å². The number of rotatable bonds is 10. The minimum atomic E-state index is -1.28. The number of nitrogens with zero attached hydrogens (tertiary/aromatic N) is 1. The molecule has 1 aromatic carbocycles. The predicted octanol–water partition coefficient (Wildman–Crippen LogP) is 1.01. The average molecular weight is 489 g/mol. The number of hydrogen-bond acceptors (Lipinski definition) is 6. The molecule has 2 heterocycles. The van der Waals surface area contributed by atoms with Crippen LogP contribution in [0.2, 0.25) is 0 Å². The van der Waals surface area contributed by atoms with Crippen LogP contribution in [0.5, 0.6) is 5.75 Å². The van der Waals surface area contributed by atoms with Crippen LogP contribution < -0.4 is 20.7 Å². The monoisotopic (exact) mass is 488 g/mol. The lowest BCUT2D eigenvalue weighted by Crippen LogP contribution is -2.51. The normalized spacial score (nSPS) is 19.5. The highest BCUT2D eigenvalue weighted by Crippen LogP contribution is 2.21. The van der Waals surface area contributed by atoms with Gasteiger partial charge in [-0.15, -0.1) is 0 Å². The van der Waals surface area contributed by atoms with Crippen molar-refractivity contribution in [2.24, 2.45) is 11.8 Å². The summed E-state index contributed by atoms with van der Waals surface area (Å²) in [5.74, 6) is -1.26. The van der Waals surface area contributed by atoms with Crippen LogP contribution in [0.3, 0.4) is 0 Å². The summed E-state index contributed by atoms with van der Waals surface area (Å²) in [4.78, 5) is 51.3. The van der Waals surface area contributed by atoms with E-state index in [0.717, 1.165) is 38.8 Å². The summed E-state index contributed by atoms with van der Waals surface area (Å²) in [7, 11) is 1.51. The van der Waals surface area contributed by atoms with E-state index in [2.05, 4.69) is 16.0 Å². The first-order chi connectivity index (χ1) is 16.9. The minimum Gasteiger partial charge on any atom is -0.497 e. The quantitative estimate of drug-likeness (QED) is 0.386. The van der Waals surface area contributed by atoms with E-state index in [4.69, 9.17) is 4.74 Å². The molecule has 1 unspecified atom stereocenters. The summed E-state index contributed by atoms with van der Waals surface area (Å²) >= 11 is 0. The number of hydrogen-bond donors (Lipinski definition) is 4. The maximum atomic E-state index is 12.7. The number of piperidine rings is 2. The van der Waals surface area contributed by atoms with Gasteiger partial charge in [-0.3, -0.25) is 14.4 Å². The van der Waals surface area contributed by atoms with Crippen LogP contribution in [0.15, 0.2) is 24.3 Å². The number of methoxy groups -OCH3 is 1. The largest absolute Gasteiger partial charge is 0.497 e. The van der Waals surface area contributed by atoms with Crippen molar-refractivity contribution in [2.45, 2.75) is 44.6 Å². The molecule has 2 fully saturated rings. The summed E-state index contributed by atoms with van der Waals surface area (Å²) in [5, 5.41) is 17.9. The van der Waals surface area contributed by atoms with Gasteiger partial charge in [0.15, 0.2) is 0 Å². The van der Waals surface area contributed by atoms with Crippen LogP contribution in [0.25, 0.3) is 0 Å². The predicted molar refractivity (Wildman–Crippen MR) is 129 cm³/mol. The van der Waals surface area contributed by atoms with Gasteiger partial charge in [-0.1, -0.05) is 0 Å². The van der Waals surface area contributed by atoms with Crippen molar-refractivity contribution < 1.29 is 29.0 Å². The van der Waals surface area contributed by atoms with Crippen LogP contribution in [0.4, 0.5) is 0 Å². The van der Waals surface area contributed by atoms with Gasteiger partial charge >= 0.3 is 5.97 Å². The molecule has 35 heavy (non-hydrogen) atoms. The molecule has 2 aliphatic heterocycles. The molecular weight excluding hydrogens is 452 g/mol. The van der Waals surface area contributed by atoms with Gasteiger partial charge in [0, 0.05) is 31.6 Å². The molecule has 2 aliphatic rings. The molecule has 0 bridgehead atoms. The van der Waals surface area contributed by atoms with E-state index in [1.165, 1.54) is 19.2 Å². The Morgan fingerprint density at radius 1 is 1.14 bits per heavy atom. The van der Waals surface area contributed by atoms with Gasteiger partial charge in [-0.2, -0.15) is 0 Å². The zero-order chi connectivity index (χ0) is 25.2. The van der Waals surface area contributed by atoms with E-state index in [9.17, 15) is 24.3 Å². The topological polar surface area (TPSA) is 137 Å². The number of amides is 3. The number of nitrogens with one attached hydrogen (secondary N) is 3. The van der Waals surface area contributed by atoms with E-state index in [1.54, 1.807) is 17.0 Å². The fraction of sp³-hybridized carbons (Fsp3) is 0.600. The summed E-state index contributed by atoms with van der Waals surface area (Å²) < 4.78 is 5.05. The summed E-state index contributed by atoms with van der Waals surface area (Å²) in [6.07, 6.45) is 4.93. The molecule has 0 aliphatic carbocycles. The molecule has 3 rings (SSSR count). The maximum absolute atomic E-state index is 12.7. The van der Waals surface area contributed by atoms with Crippen LogP contribution in [-0.2, 0) is 14.4 Å². The van der Waals surface area contributed by atoms with Crippen molar-refractivity contribution in [3.8, 4) is 5.75 Å². The van der Waals surface area contributed by atoms with E-state index in [0.29, 0.717) is 37.6 Å². The summed E-state index contributed by atoms with van der Waals surface area (Å²) in [6, 6.07) is 5.00. The molecule has 2 atom stereocenters. The molecule has 0 radical (unpaired) electrons. The summed E-state index contributed by atoms with van der Waals surface area (Å²) in [6.45, 7) is 2.75. The number of benzene rings is 1. The number of aliphatic carboxylic acids is 1. The fourth-order valence-corrected chi connectivity index (χ4v) is 4.60. The number of carbonyl (C=O) groups is 4. The molecule has 0 spiro atoms. The lowest BCUT2D eigenvalue weighted by atomic mass is 9.92. The maximum Gasteiger partial charge on any atom is 0.328 e. The second kappa shape index (κ2) is 13.1. The lowest BCUT2D eigenvalue weighted by Gasteiger charge is -2.33. The highest BCUT2D eigenvalue weighted by molar-refractivity contribution is 5.96. The third-order valence-corrected chi connectivity index (χ3v) is 6.81. The van der Waals surface area contributed by atoms with Gasteiger partial charge in [-0.25, -0.2) is 4.79 Å². The molecule has 3 amide bonds. The first-order valence-electron chi connectivity index (χ1n) is 12.3. The van der Waals surface area contributed by atoms with Crippen molar-refractivity contribution in [1.29, 1.82) is 0 Å². The highest BCUT2D eigenvalue weighted by atomic mass is 16.5. The fourth-order valence-electron chi connectivity index (χ4n) is 4.60. The van der Waals surface area contributed by atoms with Crippen molar-refractivity contribution in [3.63, 3.8) is 0 Å². The number of likely N-dealkylation sites (tertiary alicyclic amines) is 1. The standard InChI is InChI=1S/C25H36N4O6/c1-35-20-7-5-18(6-8-20)24(32)28-21(25(33)34)15-27-23(31)19-3-2-14-29(16-19)22(30)9-4-17-10-12-26-13-11-17/h5-8,17,19,21,26H,2-4,9-16H2,1H3,(H,27,31)(H,28,32)(H,33,34)/t19-,21?/m1/s1. The van der Waals surface area contributed by atoms with Crippen molar-refractivity contribution >= 4 is 23.7 Å². The summed E-state index contributed by atoms with van der Waals surface area (Å²) in [5.41, 5.74) is 0.286. The molecule has 2 saturated heterocycles. The highest BCUT2D eigenvalue weighted by Gasteiger charge is 2.30. The Morgan fingerprint density at radius 3 is 2.51 bits per heavy atom. The molecule has 10 nitrogen and oxygen atoms in total. The Hall–Kier alpha value is -3.14. The number of ether oxygens (including phenoxy) is 1. The van der Waals surface area contributed by atoms with Gasteiger partial charge in [0.05, 0.1) is 13.0 Å². The van der Waals surface area contributed by atoms with E-state index >= 15 is 0 Å². The van der Waals surface area contributed by atoms with E-state index in [1.807, 2.05) is 0 Å². The third kappa shape index (κ3) is 7.95. The van der Waals surface area contributed by atoms with Gasteiger partial charge in [0.1, 0.15) is 11.8 Å². The van der Waals surface area contributed by atoms with Gasteiger partial charge in [0.2, 0.25) is 11.8 Å². The first-order valence-corrected chi connectivity index (χ1v) is 12.3. The third-order valence-electron chi connectivity index (χ3n) is 6.81. The Balaban J connectivity index is 1.46. The molecule has 10 heteroatoms. The van der Waals surface area contributed by atoms with Crippen LogP contribution in [0, 0.1) is 11.8 Å². The van der Waals surface area contributed by atoms with Gasteiger partial charge < -0.3 is 30.7 Å². The van der Waals surface area contributed by atoms with Gasteiger partial charge in [0.25, 0.3) is 5.91 Å². The Kier molecular flexibility index (Phi) is 9.89. The molecule has 192 valence electrons. The van der Waals surface area contributed by atoms with Gasteiger partial charge in [-0.05, 0) is 75.4 Å². The van der Waals surface area contributed by atoms with Crippen molar-refractivity contribution in [2.75, 3.05) is 39.8 Å². The van der Waals surface area contributed by atoms with E-state index in [-0.39, 0.29) is 23.9 Å². The van der Waals surface area contributed by atoms with Crippen LogP contribution in [0.1, 0.15) is 48.9 Å². The average Bonchev–Trinajstić information content (AvgIpc) is 2.89.